The average molecular weight is 392 g/mol. The molecule has 1 saturated heterocycles. The lowest BCUT2D eigenvalue weighted by molar-refractivity contribution is -0.152. The Balaban J connectivity index is 2.88. The Labute approximate surface area is 161 Å². The molecule has 1 aliphatic heterocycles. The van der Waals surface area contributed by atoms with Crippen LogP contribution in [-0.4, -0.2) is 101 Å². The summed E-state index contributed by atoms with van der Waals surface area (Å²) in [6.07, 6.45) is -2.03. The Morgan fingerprint density at radius 2 is 1.89 bits per heavy atom. The van der Waals surface area contributed by atoms with Crippen molar-refractivity contribution in [3.05, 3.63) is 0 Å². The summed E-state index contributed by atoms with van der Waals surface area (Å²) in [5.41, 5.74) is 5.93. The maximum absolute atomic E-state index is 12.6. The fourth-order valence-electron chi connectivity index (χ4n) is 3.04. The summed E-state index contributed by atoms with van der Waals surface area (Å²) < 4.78 is 11.0. The number of β-amino-alcohol motifs (C(OH)–C–C–N with tert-alkyl or cyclic N) is 1. The van der Waals surface area contributed by atoms with Gasteiger partial charge in [0.25, 0.3) is 0 Å². The minimum absolute atomic E-state index is 0.143. The number of aliphatic hydroxyl groups is 4. The van der Waals surface area contributed by atoms with Gasteiger partial charge in [0, 0.05) is 32.9 Å². The van der Waals surface area contributed by atoms with E-state index in [1.807, 2.05) is 6.92 Å². The first-order valence-corrected chi connectivity index (χ1v) is 9.81. The van der Waals surface area contributed by atoms with Crippen LogP contribution in [0.2, 0.25) is 0 Å². The molecule has 1 rings (SSSR count). The van der Waals surface area contributed by atoms with Gasteiger partial charge in [-0.1, -0.05) is 13.3 Å². The van der Waals surface area contributed by atoms with Gasteiger partial charge >= 0.3 is 0 Å². The van der Waals surface area contributed by atoms with Gasteiger partial charge in [0.1, 0.15) is 24.4 Å². The molecule has 160 valence electrons. The number of aliphatic hydroxyl groups excluding tert-OH is 4. The summed E-state index contributed by atoms with van der Waals surface area (Å²) in [4.78, 5) is 14.0. The van der Waals surface area contributed by atoms with Crippen LogP contribution in [0.25, 0.3) is 0 Å². The molecule has 1 aliphatic rings. The molecule has 0 aliphatic carbocycles. The molecule has 27 heavy (non-hydrogen) atoms. The van der Waals surface area contributed by atoms with Gasteiger partial charge in [-0.25, -0.2) is 0 Å². The van der Waals surface area contributed by atoms with Crippen molar-refractivity contribution in [1.82, 2.24) is 4.90 Å². The first-order valence-electron chi connectivity index (χ1n) is 9.81. The molecule has 5 atom stereocenters. The molecule has 1 fully saturated rings. The summed E-state index contributed by atoms with van der Waals surface area (Å²) in [6, 6.07) is -0.672. The van der Waals surface area contributed by atoms with E-state index < -0.39 is 37.1 Å². The van der Waals surface area contributed by atoms with Crippen LogP contribution in [0.4, 0.5) is 0 Å². The van der Waals surface area contributed by atoms with Gasteiger partial charge in [-0.05, 0) is 25.7 Å². The van der Waals surface area contributed by atoms with Crippen molar-refractivity contribution in [2.75, 3.05) is 39.5 Å². The van der Waals surface area contributed by atoms with Crippen LogP contribution >= 0.6 is 0 Å². The highest BCUT2D eigenvalue weighted by atomic mass is 16.5. The predicted octanol–water partition coefficient (Wildman–Crippen LogP) is -1.40. The number of carbonyl (C=O) groups is 1. The SMILES string of the molecule is CCC[C@@H](N)C(=O)N1CCCOCCCCO[C@H]([C@H](O)CO)[C@H](O)[C@H](O)C1. The highest BCUT2D eigenvalue weighted by Gasteiger charge is 2.34. The van der Waals surface area contributed by atoms with Gasteiger partial charge in [-0.3, -0.25) is 4.79 Å². The van der Waals surface area contributed by atoms with Crippen LogP contribution in [0.3, 0.4) is 0 Å². The highest BCUT2D eigenvalue weighted by molar-refractivity contribution is 5.81. The molecule has 0 unspecified atom stereocenters. The number of hydrogen-bond donors (Lipinski definition) is 5. The summed E-state index contributed by atoms with van der Waals surface area (Å²) >= 11 is 0. The van der Waals surface area contributed by atoms with Crippen molar-refractivity contribution in [1.29, 1.82) is 0 Å². The molecular formula is C18H36N2O7. The van der Waals surface area contributed by atoms with Crippen LogP contribution < -0.4 is 5.73 Å². The molecular weight excluding hydrogens is 356 g/mol. The van der Waals surface area contributed by atoms with Crippen molar-refractivity contribution >= 4 is 5.91 Å². The van der Waals surface area contributed by atoms with Gasteiger partial charge in [0.05, 0.1) is 12.6 Å². The lowest BCUT2D eigenvalue weighted by Gasteiger charge is -2.34. The van der Waals surface area contributed by atoms with E-state index in [1.165, 1.54) is 4.90 Å². The molecule has 6 N–H and O–H groups in total. The average Bonchev–Trinajstić information content (AvgIpc) is 2.66. The number of carbonyl (C=O) groups excluding carboxylic acids is 1. The topological polar surface area (TPSA) is 146 Å². The van der Waals surface area contributed by atoms with Crippen molar-refractivity contribution in [3.8, 4) is 0 Å². The van der Waals surface area contributed by atoms with Crippen LogP contribution in [0.1, 0.15) is 39.0 Å². The molecule has 0 spiro atoms. The molecule has 0 aromatic heterocycles. The standard InChI is InChI=1S/C18H36N2O7/c1-2-6-13(19)18(25)20-7-5-9-26-8-3-4-10-27-17(15(23)12-21)16(24)14(22)11-20/h13-17,21-24H,2-12,19H2,1H3/t13-,14-,15-,16-,17-/m1/s1. The van der Waals surface area contributed by atoms with Crippen molar-refractivity contribution in [3.63, 3.8) is 0 Å². The molecule has 9 nitrogen and oxygen atoms in total. The second kappa shape index (κ2) is 13.4. The third-order valence-corrected chi connectivity index (χ3v) is 4.64. The first-order chi connectivity index (χ1) is 12.9. The second-order valence-electron chi connectivity index (χ2n) is 7.00. The summed E-state index contributed by atoms with van der Waals surface area (Å²) in [5.74, 6) is -0.296. The minimum Gasteiger partial charge on any atom is -0.394 e. The maximum Gasteiger partial charge on any atom is 0.239 e. The predicted molar refractivity (Wildman–Crippen MR) is 99.0 cm³/mol. The van der Waals surface area contributed by atoms with Gasteiger partial charge in [-0.15, -0.1) is 0 Å². The normalized spacial score (nSPS) is 29.0. The van der Waals surface area contributed by atoms with Crippen LogP contribution in [0, 0.1) is 0 Å². The first kappa shape index (κ1) is 24.2. The van der Waals surface area contributed by atoms with E-state index in [2.05, 4.69) is 0 Å². The van der Waals surface area contributed by atoms with Crippen LogP contribution in [0.15, 0.2) is 0 Å². The molecule has 0 bridgehead atoms. The van der Waals surface area contributed by atoms with Crippen molar-refractivity contribution in [2.45, 2.75) is 69.5 Å². The second-order valence-corrected chi connectivity index (χ2v) is 7.00. The van der Waals surface area contributed by atoms with E-state index in [9.17, 15) is 25.2 Å². The number of nitrogens with two attached hydrogens (primary N) is 1. The number of hydrogen-bond acceptors (Lipinski definition) is 8. The van der Waals surface area contributed by atoms with Crippen LogP contribution in [-0.2, 0) is 14.3 Å². The lowest BCUT2D eigenvalue weighted by atomic mass is 10.0. The van der Waals surface area contributed by atoms with E-state index in [0.717, 1.165) is 12.8 Å². The number of nitrogens with zero attached hydrogens (tertiary/aromatic N) is 1. The van der Waals surface area contributed by atoms with E-state index in [4.69, 9.17) is 15.2 Å². The maximum atomic E-state index is 12.6. The molecule has 0 saturated carbocycles. The molecule has 1 heterocycles. The van der Waals surface area contributed by atoms with E-state index >= 15 is 0 Å². The van der Waals surface area contributed by atoms with Gasteiger partial charge in [-0.2, -0.15) is 0 Å². The number of ether oxygens (including phenoxy) is 2. The third-order valence-electron chi connectivity index (χ3n) is 4.64. The Morgan fingerprint density at radius 1 is 1.22 bits per heavy atom. The summed E-state index contributed by atoms with van der Waals surface area (Å²) in [7, 11) is 0. The number of amides is 1. The monoisotopic (exact) mass is 392 g/mol. The highest BCUT2D eigenvalue weighted by Crippen LogP contribution is 2.14. The van der Waals surface area contributed by atoms with Gasteiger partial charge in [0.2, 0.25) is 5.91 Å². The zero-order valence-electron chi connectivity index (χ0n) is 16.2. The largest absolute Gasteiger partial charge is 0.394 e. The fourth-order valence-corrected chi connectivity index (χ4v) is 3.04. The minimum atomic E-state index is -1.45. The fraction of sp³-hybridized carbons (Fsp3) is 0.944. The smallest absolute Gasteiger partial charge is 0.239 e. The Hall–Kier alpha value is -0.810. The molecule has 0 aromatic carbocycles. The van der Waals surface area contributed by atoms with Crippen molar-refractivity contribution < 1.29 is 34.7 Å². The zero-order chi connectivity index (χ0) is 20.2. The Kier molecular flexibility index (Phi) is 12.0. The molecule has 0 radical (unpaired) electrons. The lowest BCUT2D eigenvalue weighted by Crippen LogP contribution is -2.54. The summed E-state index contributed by atoms with van der Waals surface area (Å²) in [5, 5.41) is 40.0. The van der Waals surface area contributed by atoms with Gasteiger partial charge in [0.15, 0.2) is 0 Å². The van der Waals surface area contributed by atoms with Gasteiger partial charge < -0.3 is 40.5 Å². The van der Waals surface area contributed by atoms with Crippen LogP contribution in [0.5, 0.6) is 0 Å². The van der Waals surface area contributed by atoms with E-state index in [-0.39, 0.29) is 19.1 Å². The summed E-state index contributed by atoms with van der Waals surface area (Å²) in [6.45, 7) is 2.80. The molecule has 1 amide bonds. The Bertz CT molecular complexity index is 413. The third kappa shape index (κ3) is 8.39. The molecule has 0 aromatic rings. The number of rotatable bonds is 5. The molecule has 9 heteroatoms. The Morgan fingerprint density at radius 3 is 2.56 bits per heavy atom. The van der Waals surface area contributed by atoms with E-state index in [1.54, 1.807) is 0 Å². The van der Waals surface area contributed by atoms with Crippen molar-refractivity contribution in [2.24, 2.45) is 5.73 Å². The quantitative estimate of drug-likeness (QED) is 0.384. The zero-order valence-corrected chi connectivity index (χ0v) is 16.2. The van der Waals surface area contributed by atoms with E-state index in [0.29, 0.717) is 39.0 Å².